The zero-order valence-electron chi connectivity index (χ0n) is 14.4. The van der Waals surface area contributed by atoms with E-state index >= 15 is 0 Å². The van der Waals surface area contributed by atoms with Crippen molar-refractivity contribution in [3.05, 3.63) is 59.9 Å². The van der Waals surface area contributed by atoms with Gasteiger partial charge in [-0.2, -0.15) is 0 Å². The third-order valence-electron chi connectivity index (χ3n) is 4.54. The molecule has 1 fully saturated rings. The van der Waals surface area contributed by atoms with Crippen LogP contribution >= 0.6 is 0 Å². The van der Waals surface area contributed by atoms with Gasteiger partial charge < -0.3 is 10.2 Å². The van der Waals surface area contributed by atoms with E-state index in [-0.39, 0.29) is 11.7 Å². The maximum absolute atomic E-state index is 13.0. The molecule has 1 aliphatic heterocycles. The molecule has 0 aliphatic carbocycles. The van der Waals surface area contributed by atoms with Gasteiger partial charge in [-0.05, 0) is 43.9 Å². The van der Waals surface area contributed by atoms with Crippen LogP contribution in [0.2, 0.25) is 0 Å². The number of nitrogens with one attached hydrogen (secondary N) is 1. The summed E-state index contributed by atoms with van der Waals surface area (Å²) in [6.45, 7) is 3.58. The average molecular weight is 342 g/mol. The van der Waals surface area contributed by atoms with Gasteiger partial charge in [-0.1, -0.05) is 12.1 Å². The Morgan fingerprint density at radius 3 is 2.64 bits per heavy atom. The first-order valence-corrected chi connectivity index (χ1v) is 8.67. The number of amides is 1. The Balaban J connectivity index is 1.46. The molecule has 0 unspecified atom stereocenters. The molecule has 1 saturated heterocycles. The van der Waals surface area contributed by atoms with E-state index in [1.807, 2.05) is 17.0 Å². The second kappa shape index (κ2) is 8.16. The number of hydrogen-bond acceptors (Lipinski definition) is 4. The van der Waals surface area contributed by atoms with Crippen LogP contribution in [0.4, 0.5) is 4.39 Å². The predicted molar refractivity (Wildman–Crippen MR) is 93.7 cm³/mol. The second-order valence-corrected chi connectivity index (χ2v) is 6.56. The lowest BCUT2D eigenvalue weighted by Crippen LogP contribution is -2.47. The number of nitrogens with zero attached hydrogens (tertiary/aromatic N) is 3. The van der Waals surface area contributed by atoms with E-state index in [2.05, 4.69) is 22.2 Å². The van der Waals surface area contributed by atoms with E-state index in [9.17, 15) is 9.18 Å². The molecule has 0 saturated carbocycles. The first kappa shape index (κ1) is 17.5. The van der Waals surface area contributed by atoms with Crippen molar-refractivity contribution in [2.45, 2.75) is 38.3 Å². The fourth-order valence-electron chi connectivity index (χ4n) is 3.26. The molecular weight excluding hydrogens is 319 g/mol. The molecule has 132 valence electrons. The molecule has 2 aromatic rings. The highest BCUT2D eigenvalue weighted by molar-refractivity contribution is 5.92. The quantitative estimate of drug-likeness (QED) is 0.907. The number of halogens is 1. The number of rotatable bonds is 5. The van der Waals surface area contributed by atoms with Gasteiger partial charge in [-0.15, -0.1) is 0 Å². The molecule has 25 heavy (non-hydrogen) atoms. The molecule has 1 N–H and O–H groups in total. The predicted octanol–water partition coefficient (Wildman–Crippen LogP) is 2.44. The molecule has 0 spiro atoms. The molecule has 1 aliphatic rings. The topological polar surface area (TPSA) is 58.1 Å². The maximum atomic E-state index is 13.0. The fraction of sp³-hybridized carbons (Fsp3) is 0.421. The average Bonchev–Trinajstić information content (AvgIpc) is 2.64. The van der Waals surface area contributed by atoms with Gasteiger partial charge in [0.2, 0.25) is 0 Å². The summed E-state index contributed by atoms with van der Waals surface area (Å²) in [4.78, 5) is 22.2. The van der Waals surface area contributed by atoms with Crippen LogP contribution in [0.15, 0.2) is 42.9 Å². The highest BCUT2D eigenvalue weighted by atomic mass is 19.1. The Labute approximate surface area is 147 Å². The van der Waals surface area contributed by atoms with Gasteiger partial charge in [0.1, 0.15) is 11.5 Å². The zero-order valence-corrected chi connectivity index (χ0v) is 14.4. The van der Waals surface area contributed by atoms with E-state index in [0.717, 1.165) is 37.9 Å². The summed E-state index contributed by atoms with van der Waals surface area (Å²) in [5.74, 6) is -0.254. The molecule has 1 aromatic heterocycles. The number of aromatic nitrogens is 2. The summed E-state index contributed by atoms with van der Waals surface area (Å²) in [6, 6.07) is 7.35. The molecule has 6 heteroatoms. The molecule has 2 heterocycles. The maximum Gasteiger partial charge on any atom is 0.274 e. The molecule has 3 rings (SSSR count). The van der Waals surface area contributed by atoms with Crippen molar-refractivity contribution >= 4 is 5.91 Å². The Morgan fingerprint density at radius 2 is 2.00 bits per heavy atom. The monoisotopic (exact) mass is 342 g/mol. The normalized spacial score (nSPS) is 16.6. The SMILES string of the molecule is C[C@H](Cc1ccc(F)cc1)NC1CCN(C(=O)c2cnccn2)CC1. The van der Waals surface area contributed by atoms with E-state index in [4.69, 9.17) is 0 Å². The third-order valence-corrected chi connectivity index (χ3v) is 4.54. The fourth-order valence-corrected chi connectivity index (χ4v) is 3.26. The minimum atomic E-state index is -0.204. The summed E-state index contributed by atoms with van der Waals surface area (Å²) in [5, 5.41) is 3.62. The standard InChI is InChI=1S/C19H23FN4O/c1-14(12-15-2-4-16(20)5-3-15)23-17-6-10-24(11-7-17)19(25)18-13-21-8-9-22-18/h2-5,8-9,13-14,17,23H,6-7,10-12H2,1H3/t14-/m1/s1. The highest BCUT2D eigenvalue weighted by Crippen LogP contribution is 2.14. The molecular formula is C19H23FN4O. The van der Waals surface area contributed by atoms with Gasteiger partial charge in [-0.3, -0.25) is 9.78 Å². The van der Waals surface area contributed by atoms with Gasteiger partial charge in [-0.25, -0.2) is 9.37 Å². The summed E-state index contributed by atoms with van der Waals surface area (Å²) in [7, 11) is 0. The number of hydrogen-bond donors (Lipinski definition) is 1. The van der Waals surface area contributed by atoms with Crippen LogP contribution < -0.4 is 5.32 Å². The van der Waals surface area contributed by atoms with Crippen LogP contribution in [-0.4, -0.2) is 45.9 Å². The lowest BCUT2D eigenvalue weighted by atomic mass is 10.0. The molecule has 1 aromatic carbocycles. The van der Waals surface area contributed by atoms with Crippen molar-refractivity contribution in [3.8, 4) is 0 Å². The van der Waals surface area contributed by atoms with Crippen molar-refractivity contribution < 1.29 is 9.18 Å². The number of benzene rings is 1. The van der Waals surface area contributed by atoms with E-state index in [1.165, 1.54) is 18.3 Å². The minimum Gasteiger partial charge on any atom is -0.337 e. The number of likely N-dealkylation sites (tertiary alicyclic amines) is 1. The van der Waals surface area contributed by atoms with Crippen LogP contribution in [0.25, 0.3) is 0 Å². The van der Waals surface area contributed by atoms with Crippen molar-refractivity contribution in [1.29, 1.82) is 0 Å². The van der Waals surface area contributed by atoms with Gasteiger partial charge in [0.05, 0.1) is 6.20 Å². The van der Waals surface area contributed by atoms with Crippen LogP contribution in [0, 0.1) is 5.82 Å². The number of carbonyl (C=O) groups excluding carboxylic acids is 1. The smallest absolute Gasteiger partial charge is 0.274 e. The first-order valence-electron chi connectivity index (χ1n) is 8.67. The Hall–Kier alpha value is -2.34. The van der Waals surface area contributed by atoms with Gasteiger partial charge >= 0.3 is 0 Å². The van der Waals surface area contributed by atoms with Crippen LogP contribution in [0.1, 0.15) is 35.8 Å². The zero-order chi connectivity index (χ0) is 17.6. The number of carbonyl (C=O) groups is 1. The van der Waals surface area contributed by atoms with Crippen LogP contribution in [-0.2, 0) is 6.42 Å². The van der Waals surface area contributed by atoms with Crippen molar-refractivity contribution in [2.24, 2.45) is 0 Å². The molecule has 0 bridgehead atoms. The second-order valence-electron chi connectivity index (χ2n) is 6.56. The molecule has 1 atom stereocenters. The minimum absolute atomic E-state index is 0.0501. The van der Waals surface area contributed by atoms with E-state index in [1.54, 1.807) is 12.4 Å². The molecule has 0 radical (unpaired) electrons. The third kappa shape index (κ3) is 4.82. The Morgan fingerprint density at radius 1 is 1.28 bits per heavy atom. The summed E-state index contributed by atoms with van der Waals surface area (Å²) in [6.07, 6.45) is 7.31. The lowest BCUT2D eigenvalue weighted by molar-refractivity contribution is 0.0696. The van der Waals surface area contributed by atoms with Crippen molar-refractivity contribution in [3.63, 3.8) is 0 Å². The van der Waals surface area contributed by atoms with Gasteiger partial charge in [0.25, 0.3) is 5.91 Å². The molecule has 1 amide bonds. The van der Waals surface area contributed by atoms with Gasteiger partial charge in [0.15, 0.2) is 0 Å². The van der Waals surface area contributed by atoms with Crippen molar-refractivity contribution in [1.82, 2.24) is 20.2 Å². The van der Waals surface area contributed by atoms with E-state index < -0.39 is 0 Å². The van der Waals surface area contributed by atoms with Gasteiger partial charge in [0, 0.05) is 37.6 Å². The Bertz CT molecular complexity index is 684. The molecule has 5 nitrogen and oxygen atoms in total. The largest absolute Gasteiger partial charge is 0.337 e. The van der Waals surface area contributed by atoms with Crippen LogP contribution in [0.3, 0.4) is 0 Å². The van der Waals surface area contributed by atoms with Crippen LogP contribution in [0.5, 0.6) is 0 Å². The van der Waals surface area contributed by atoms with Crippen molar-refractivity contribution in [2.75, 3.05) is 13.1 Å². The Kier molecular flexibility index (Phi) is 5.71. The summed E-state index contributed by atoms with van der Waals surface area (Å²) < 4.78 is 13.0. The first-order chi connectivity index (χ1) is 12.1. The summed E-state index contributed by atoms with van der Waals surface area (Å²) >= 11 is 0. The van der Waals surface area contributed by atoms with E-state index in [0.29, 0.717) is 17.8 Å². The summed E-state index contributed by atoms with van der Waals surface area (Å²) in [5.41, 5.74) is 1.52. The lowest BCUT2D eigenvalue weighted by Gasteiger charge is -2.33. The number of piperidine rings is 1. The highest BCUT2D eigenvalue weighted by Gasteiger charge is 2.25.